The molecular formula is C15H31N3O. The average molecular weight is 269 g/mol. The monoisotopic (exact) mass is 269 g/mol. The van der Waals surface area contributed by atoms with Crippen LogP contribution in [0.15, 0.2) is 0 Å². The molecule has 1 heterocycles. The zero-order valence-corrected chi connectivity index (χ0v) is 13.3. The summed E-state index contributed by atoms with van der Waals surface area (Å²) in [5, 5.41) is 3.21. The molecule has 0 aromatic heterocycles. The summed E-state index contributed by atoms with van der Waals surface area (Å²) in [6.07, 6.45) is 3.55. The molecule has 0 spiro atoms. The SMILES string of the molecule is CNCCC1CCN(C(=O)[C@H](C(C)C)N(C)C)CC1. The number of likely N-dealkylation sites (tertiary alicyclic amines) is 1. The second-order valence-corrected chi connectivity index (χ2v) is 6.31. The van der Waals surface area contributed by atoms with E-state index in [4.69, 9.17) is 0 Å². The first kappa shape index (κ1) is 16.4. The van der Waals surface area contributed by atoms with Crippen LogP contribution in [0.4, 0.5) is 0 Å². The van der Waals surface area contributed by atoms with Gasteiger partial charge in [0.15, 0.2) is 0 Å². The first-order valence-corrected chi connectivity index (χ1v) is 7.57. The van der Waals surface area contributed by atoms with Crippen LogP contribution in [0.5, 0.6) is 0 Å². The zero-order valence-electron chi connectivity index (χ0n) is 13.3. The Bertz CT molecular complexity index is 263. The molecule has 112 valence electrons. The Morgan fingerprint density at radius 3 is 2.32 bits per heavy atom. The van der Waals surface area contributed by atoms with E-state index in [1.165, 1.54) is 6.42 Å². The molecule has 1 aliphatic rings. The van der Waals surface area contributed by atoms with Crippen molar-refractivity contribution in [1.82, 2.24) is 15.1 Å². The number of hydrogen-bond donors (Lipinski definition) is 1. The van der Waals surface area contributed by atoms with Crippen molar-refractivity contribution in [1.29, 1.82) is 0 Å². The zero-order chi connectivity index (χ0) is 14.4. The molecule has 1 amide bonds. The number of carbonyl (C=O) groups excluding carboxylic acids is 1. The van der Waals surface area contributed by atoms with Crippen LogP contribution in [-0.4, -0.2) is 62.5 Å². The highest BCUT2D eigenvalue weighted by atomic mass is 16.2. The lowest BCUT2D eigenvalue weighted by Gasteiger charge is -2.37. The molecule has 1 saturated heterocycles. The molecule has 0 aromatic carbocycles. The minimum atomic E-state index is 0.0221. The molecule has 4 nitrogen and oxygen atoms in total. The van der Waals surface area contributed by atoms with Crippen molar-refractivity contribution in [2.75, 3.05) is 40.8 Å². The van der Waals surface area contributed by atoms with Gasteiger partial charge < -0.3 is 10.2 Å². The molecule has 0 saturated carbocycles. The molecule has 1 rings (SSSR count). The molecule has 0 radical (unpaired) electrons. The number of piperidine rings is 1. The van der Waals surface area contributed by atoms with Gasteiger partial charge in [-0.15, -0.1) is 0 Å². The van der Waals surface area contributed by atoms with E-state index in [9.17, 15) is 4.79 Å². The van der Waals surface area contributed by atoms with Crippen molar-refractivity contribution in [2.45, 2.75) is 39.2 Å². The molecule has 1 fully saturated rings. The lowest BCUT2D eigenvalue weighted by Crippen LogP contribution is -2.51. The third-order valence-corrected chi connectivity index (χ3v) is 4.17. The maximum absolute atomic E-state index is 12.6. The Balaban J connectivity index is 2.47. The van der Waals surface area contributed by atoms with Crippen LogP contribution in [0.2, 0.25) is 0 Å². The molecule has 1 N–H and O–H groups in total. The molecule has 1 atom stereocenters. The minimum absolute atomic E-state index is 0.0221. The Morgan fingerprint density at radius 1 is 1.32 bits per heavy atom. The van der Waals surface area contributed by atoms with E-state index < -0.39 is 0 Å². The van der Waals surface area contributed by atoms with Crippen molar-refractivity contribution in [3.63, 3.8) is 0 Å². The number of nitrogens with one attached hydrogen (secondary N) is 1. The summed E-state index contributed by atoms with van der Waals surface area (Å²) in [5.74, 6) is 1.46. The number of hydrogen-bond acceptors (Lipinski definition) is 3. The number of amides is 1. The van der Waals surface area contributed by atoms with Gasteiger partial charge in [0.05, 0.1) is 6.04 Å². The van der Waals surface area contributed by atoms with E-state index in [0.717, 1.165) is 38.4 Å². The number of carbonyl (C=O) groups is 1. The Morgan fingerprint density at radius 2 is 1.89 bits per heavy atom. The van der Waals surface area contributed by atoms with Crippen LogP contribution in [0.1, 0.15) is 33.1 Å². The van der Waals surface area contributed by atoms with Gasteiger partial charge in [0.2, 0.25) is 5.91 Å². The summed E-state index contributed by atoms with van der Waals surface area (Å²) < 4.78 is 0. The fourth-order valence-electron chi connectivity index (χ4n) is 3.08. The van der Waals surface area contributed by atoms with E-state index in [-0.39, 0.29) is 6.04 Å². The summed E-state index contributed by atoms with van der Waals surface area (Å²) in [4.78, 5) is 16.7. The minimum Gasteiger partial charge on any atom is -0.341 e. The van der Waals surface area contributed by atoms with Crippen molar-refractivity contribution >= 4 is 5.91 Å². The summed E-state index contributed by atoms with van der Waals surface area (Å²) in [5.41, 5.74) is 0. The van der Waals surface area contributed by atoms with Gasteiger partial charge >= 0.3 is 0 Å². The molecule has 0 bridgehead atoms. The first-order valence-electron chi connectivity index (χ1n) is 7.57. The van der Waals surface area contributed by atoms with Crippen LogP contribution in [0.25, 0.3) is 0 Å². The number of likely N-dealkylation sites (N-methyl/N-ethyl adjacent to an activating group) is 1. The number of rotatable bonds is 6. The van der Waals surface area contributed by atoms with Gasteiger partial charge in [0.1, 0.15) is 0 Å². The van der Waals surface area contributed by atoms with Crippen LogP contribution in [0.3, 0.4) is 0 Å². The van der Waals surface area contributed by atoms with Gasteiger partial charge in [0, 0.05) is 13.1 Å². The third-order valence-electron chi connectivity index (χ3n) is 4.17. The van der Waals surface area contributed by atoms with E-state index in [2.05, 4.69) is 29.0 Å². The second kappa shape index (κ2) is 7.85. The lowest BCUT2D eigenvalue weighted by molar-refractivity contribution is -0.139. The van der Waals surface area contributed by atoms with Crippen molar-refractivity contribution in [3.8, 4) is 0 Å². The maximum Gasteiger partial charge on any atom is 0.240 e. The normalized spacial score (nSPS) is 19.2. The topological polar surface area (TPSA) is 35.6 Å². The van der Waals surface area contributed by atoms with Gasteiger partial charge in [-0.3, -0.25) is 9.69 Å². The first-order chi connectivity index (χ1) is 8.97. The van der Waals surface area contributed by atoms with E-state index in [0.29, 0.717) is 11.8 Å². The van der Waals surface area contributed by atoms with E-state index in [1.807, 2.05) is 21.1 Å². The van der Waals surface area contributed by atoms with Gasteiger partial charge in [0.25, 0.3) is 0 Å². The smallest absolute Gasteiger partial charge is 0.240 e. The Hall–Kier alpha value is -0.610. The molecule has 1 aliphatic heterocycles. The summed E-state index contributed by atoms with van der Waals surface area (Å²) in [6, 6.07) is 0.0221. The highest BCUT2D eigenvalue weighted by Gasteiger charge is 2.31. The molecule has 0 aliphatic carbocycles. The van der Waals surface area contributed by atoms with Crippen molar-refractivity contribution in [3.05, 3.63) is 0 Å². The lowest BCUT2D eigenvalue weighted by atomic mass is 9.92. The third kappa shape index (κ3) is 4.77. The largest absolute Gasteiger partial charge is 0.341 e. The number of nitrogens with zero attached hydrogens (tertiary/aromatic N) is 2. The van der Waals surface area contributed by atoms with E-state index in [1.54, 1.807) is 0 Å². The van der Waals surface area contributed by atoms with Crippen LogP contribution in [0, 0.1) is 11.8 Å². The molecule has 0 unspecified atom stereocenters. The quantitative estimate of drug-likeness (QED) is 0.792. The summed E-state index contributed by atoms with van der Waals surface area (Å²) >= 11 is 0. The van der Waals surface area contributed by atoms with E-state index >= 15 is 0 Å². The van der Waals surface area contributed by atoms with Gasteiger partial charge in [-0.2, -0.15) is 0 Å². The predicted octanol–water partition coefficient (Wildman–Crippen LogP) is 1.42. The van der Waals surface area contributed by atoms with Crippen molar-refractivity contribution in [2.24, 2.45) is 11.8 Å². The van der Waals surface area contributed by atoms with Crippen LogP contribution in [-0.2, 0) is 4.79 Å². The van der Waals surface area contributed by atoms with Gasteiger partial charge in [-0.25, -0.2) is 0 Å². The van der Waals surface area contributed by atoms with Gasteiger partial charge in [-0.05, 0) is 58.8 Å². The average Bonchev–Trinajstić information content (AvgIpc) is 2.36. The molecular weight excluding hydrogens is 238 g/mol. The van der Waals surface area contributed by atoms with Crippen molar-refractivity contribution < 1.29 is 4.79 Å². The van der Waals surface area contributed by atoms with Gasteiger partial charge in [-0.1, -0.05) is 13.8 Å². The fraction of sp³-hybridized carbons (Fsp3) is 0.933. The van der Waals surface area contributed by atoms with Crippen LogP contribution >= 0.6 is 0 Å². The molecule has 4 heteroatoms. The standard InChI is InChI=1S/C15H31N3O/c1-12(2)14(17(4)5)15(19)18-10-7-13(8-11-18)6-9-16-3/h12-14,16H,6-11H2,1-5H3/t14-/m0/s1. The summed E-state index contributed by atoms with van der Waals surface area (Å²) in [6.45, 7) is 7.21. The Kier molecular flexibility index (Phi) is 6.80. The molecule has 19 heavy (non-hydrogen) atoms. The highest BCUT2D eigenvalue weighted by molar-refractivity contribution is 5.82. The summed E-state index contributed by atoms with van der Waals surface area (Å²) in [7, 11) is 6.01. The Labute approximate surface area is 118 Å². The second-order valence-electron chi connectivity index (χ2n) is 6.31. The highest BCUT2D eigenvalue weighted by Crippen LogP contribution is 2.22. The van der Waals surface area contributed by atoms with Crippen LogP contribution < -0.4 is 5.32 Å². The predicted molar refractivity (Wildman–Crippen MR) is 80.2 cm³/mol. The fourth-order valence-corrected chi connectivity index (χ4v) is 3.08. The molecule has 0 aromatic rings. The maximum atomic E-state index is 12.6.